The molecule has 0 aromatic heterocycles. The first-order valence-electron chi connectivity index (χ1n) is 8.37. The van der Waals surface area contributed by atoms with Crippen LogP contribution in [0.1, 0.15) is 42.0 Å². The molecule has 0 saturated carbocycles. The molecule has 2 aliphatic heterocycles. The first kappa shape index (κ1) is 15.5. The third kappa shape index (κ3) is 3.03. The van der Waals surface area contributed by atoms with Gasteiger partial charge in [0.25, 0.3) is 5.91 Å². The fraction of sp³-hybridized carbons (Fsp3) is 0.611. The van der Waals surface area contributed by atoms with Crippen LogP contribution in [0.15, 0.2) is 18.2 Å². The summed E-state index contributed by atoms with van der Waals surface area (Å²) in [6.45, 7) is 7.25. The third-order valence-corrected chi connectivity index (χ3v) is 4.99. The minimum Gasteiger partial charge on any atom is -0.366 e. The molecule has 0 radical (unpaired) electrons. The number of hydrogen-bond acceptors (Lipinski definition) is 3. The Labute approximate surface area is 132 Å². The highest BCUT2D eigenvalue weighted by atomic mass is 16.5. The maximum absolute atomic E-state index is 12.9. The number of likely N-dealkylation sites (tertiary alicyclic amines) is 1. The Morgan fingerprint density at radius 3 is 2.95 bits per heavy atom. The van der Waals surface area contributed by atoms with E-state index < -0.39 is 0 Å². The zero-order valence-electron chi connectivity index (χ0n) is 13.6. The number of aryl methyl sites for hydroxylation is 1. The number of rotatable bonds is 2. The molecule has 0 aliphatic carbocycles. The number of carbonyl (C=O) groups is 1. The topological polar surface area (TPSA) is 41.6 Å². The molecule has 120 valence electrons. The van der Waals surface area contributed by atoms with Gasteiger partial charge in [-0.25, -0.2) is 0 Å². The summed E-state index contributed by atoms with van der Waals surface area (Å²) in [5.41, 5.74) is 3.91. The van der Waals surface area contributed by atoms with Crippen LogP contribution in [0, 0.1) is 13.8 Å². The molecular formula is C18H26N2O2. The van der Waals surface area contributed by atoms with Crippen LogP contribution >= 0.6 is 0 Å². The van der Waals surface area contributed by atoms with Gasteiger partial charge in [0.15, 0.2) is 0 Å². The minimum atomic E-state index is -0.320. The van der Waals surface area contributed by atoms with Crippen molar-refractivity contribution < 1.29 is 9.53 Å². The maximum Gasteiger partial charge on any atom is 0.253 e. The summed E-state index contributed by atoms with van der Waals surface area (Å²) in [7, 11) is 0. The van der Waals surface area contributed by atoms with Gasteiger partial charge in [-0.15, -0.1) is 0 Å². The van der Waals surface area contributed by atoms with Gasteiger partial charge in [-0.05, 0) is 49.8 Å². The average molecular weight is 302 g/mol. The monoisotopic (exact) mass is 302 g/mol. The molecule has 2 heterocycles. The molecule has 2 aliphatic rings. The second kappa shape index (κ2) is 6.80. The second-order valence-corrected chi connectivity index (χ2v) is 6.40. The molecule has 1 aromatic rings. The first-order chi connectivity index (χ1) is 10.7. The molecule has 0 bridgehead atoms. The average Bonchev–Trinajstić information content (AvgIpc) is 2.57. The van der Waals surface area contributed by atoms with Crippen LogP contribution in [0.25, 0.3) is 0 Å². The van der Waals surface area contributed by atoms with Gasteiger partial charge in [0, 0.05) is 19.6 Å². The molecular weight excluding hydrogens is 276 g/mol. The Kier molecular flexibility index (Phi) is 4.79. The summed E-state index contributed by atoms with van der Waals surface area (Å²) in [4.78, 5) is 15.0. The molecule has 22 heavy (non-hydrogen) atoms. The zero-order valence-corrected chi connectivity index (χ0v) is 13.6. The van der Waals surface area contributed by atoms with Gasteiger partial charge in [-0.1, -0.05) is 18.2 Å². The first-order valence-corrected chi connectivity index (χ1v) is 8.37. The highest BCUT2D eigenvalue weighted by molar-refractivity contribution is 5.82. The molecule has 3 rings (SSSR count). The summed E-state index contributed by atoms with van der Waals surface area (Å²) in [6, 6.07) is 6.63. The number of benzene rings is 1. The van der Waals surface area contributed by atoms with Gasteiger partial charge < -0.3 is 15.0 Å². The summed E-state index contributed by atoms with van der Waals surface area (Å²) in [5, 5.41) is 3.26. The van der Waals surface area contributed by atoms with Gasteiger partial charge in [-0.2, -0.15) is 0 Å². The van der Waals surface area contributed by atoms with Gasteiger partial charge in [0.1, 0.15) is 6.10 Å². The van der Waals surface area contributed by atoms with Crippen LogP contribution in [-0.2, 0) is 9.53 Å². The molecule has 1 N–H and O–H groups in total. The molecule has 2 fully saturated rings. The van der Waals surface area contributed by atoms with Crippen molar-refractivity contribution in [3.63, 3.8) is 0 Å². The highest BCUT2D eigenvalue weighted by Gasteiger charge is 2.34. The number of nitrogens with zero attached hydrogens (tertiary/aromatic N) is 1. The predicted octanol–water partition coefficient (Wildman–Crippen LogP) is 2.35. The van der Waals surface area contributed by atoms with Gasteiger partial charge >= 0.3 is 0 Å². The lowest BCUT2D eigenvalue weighted by Gasteiger charge is -2.39. The van der Waals surface area contributed by atoms with E-state index in [1.54, 1.807) is 0 Å². The van der Waals surface area contributed by atoms with Crippen molar-refractivity contribution in [3.05, 3.63) is 34.9 Å². The maximum atomic E-state index is 12.9. The molecule has 2 unspecified atom stereocenters. The van der Waals surface area contributed by atoms with Crippen LogP contribution in [0.4, 0.5) is 0 Å². The standard InChI is InChI=1S/C18H26N2O2/c1-13-6-5-7-15(14(13)2)16-8-3-4-10-20(16)18(21)17-12-19-9-11-22-17/h5-7,16-17,19H,3-4,8-12H2,1-2H3. The largest absolute Gasteiger partial charge is 0.366 e. The van der Waals surface area contributed by atoms with Crippen molar-refractivity contribution in [2.75, 3.05) is 26.2 Å². The quantitative estimate of drug-likeness (QED) is 0.912. The Morgan fingerprint density at radius 1 is 1.32 bits per heavy atom. The van der Waals surface area contributed by atoms with Crippen molar-refractivity contribution in [1.29, 1.82) is 0 Å². The van der Waals surface area contributed by atoms with E-state index in [0.717, 1.165) is 25.9 Å². The Balaban J connectivity index is 1.84. The van der Waals surface area contributed by atoms with Crippen molar-refractivity contribution in [1.82, 2.24) is 10.2 Å². The van der Waals surface area contributed by atoms with E-state index in [-0.39, 0.29) is 18.1 Å². The van der Waals surface area contributed by atoms with Crippen molar-refractivity contribution in [2.45, 2.75) is 45.3 Å². The highest BCUT2D eigenvalue weighted by Crippen LogP contribution is 2.34. The molecule has 1 amide bonds. The van der Waals surface area contributed by atoms with E-state index in [4.69, 9.17) is 4.74 Å². The molecule has 2 saturated heterocycles. The van der Waals surface area contributed by atoms with E-state index in [2.05, 4.69) is 42.3 Å². The van der Waals surface area contributed by atoms with Crippen LogP contribution in [0.2, 0.25) is 0 Å². The molecule has 0 spiro atoms. The number of amides is 1. The number of hydrogen-bond donors (Lipinski definition) is 1. The fourth-order valence-corrected chi connectivity index (χ4v) is 3.56. The predicted molar refractivity (Wildman–Crippen MR) is 86.8 cm³/mol. The van der Waals surface area contributed by atoms with Gasteiger partial charge in [0.2, 0.25) is 0 Å². The van der Waals surface area contributed by atoms with E-state index in [9.17, 15) is 4.79 Å². The summed E-state index contributed by atoms with van der Waals surface area (Å²) < 4.78 is 5.68. The molecule has 4 heteroatoms. The lowest BCUT2D eigenvalue weighted by atomic mass is 9.90. The molecule has 4 nitrogen and oxygen atoms in total. The number of carbonyl (C=O) groups excluding carboxylic acids is 1. The number of nitrogens with one attached hydrogen (secondary N) is 1. The normalized spacial score (nSPS) is 26.0. The summed E-state index contributed by atoms with van der Waals surface area (Å²) in [6.07, 6.45) is 3.01. The van der Waals surface area contributed by atoms with Gasteiger partial charge in [-0.3, -0.25) is 4.79 Å². The second-order valence-electron chi connectivity index (χ2n) is 6.40. The van der Waals surface area contributed by atoms with Gasteiger partial charge in [0.05, 0.1) is 12.6 Å². The van der Waals surface area contributed by atoms with Crippen LogP contribution < -0.4 is 5.32 Å². The smallest absolute Gasteiger partial charge is 0.253 e. The summed E-state index contributed by atoms with van der Waals surface area (Å²) >= 11 is 0. The fourth-order valence-electron chi connectivity index (χ4n) is 3.56. The van der Waals surface area contributed by atoms with Crippen molar-refractivity contribution in [3.8, 4) is 0 Å². The van der Waals surface area contributed by atoms with Crippen molar-refractivity contribution >= 4 is 5.91 Å². The zero-order chi connectivity index (χ0) is 15.5. The number of ether oxygens (including phenoxy) is 1. The van der Waals surface area contributed by atoms with E-state index >= 15 is 0 Å². The SMILES string of the molecule is Cc1cccc(C2CCCCN2C(=O)C2CNCCO2)c1C. The lowest BCUT2D eigenvalue weighted by molar-refractivity contribution is -0.149. The van der Waals surface area contributed by atoms with E-state index in [0.29, 0.717) is 13.2 Å². The molecule has 1 aromatic carbocycles. The number of morpholine rings is 1. The van der Waals surface area contributed by atoms with E-state index in [1.165, 1.54) is 23.1 Å². The Morgan fingerprint density at radius 2 is 2.18 bits per heavy atom. The Bertz CT molecular complexity index is 538. The van der Waals surface area contributed by atoms with E-state index in [1.807, 2.05) is 0 Å². The third-order valence-electron chi connectivity index (χ3n) is 4.99. The van der Waals surface area contributed by atoms with Crippen LogP contribution in [0.3, 0.4) is 0 Å². The minimum absolute atomic E-state index is 0.151. The lowest BCUT2D eigenvalue weighted by Crippen LogP contribution is -2.51. The van der Waals surface area contributed by atoms with Crippen LogP contribution in [0.5, 0.6) is 0 Å². The number of piperidine rings is 1. The molecule has 2 atom stereocenters. The van der Waals surface area contributed by atoms with Crippen LogP contribution in [-0.4, -0.2) is 43.2 Å². The Hall–Kier alpha value is -1.39. The van der Waals surface area contributed by atoms with Crippen molar-refractivity contribution in [2.24, 2.45) is 0 Å². The summed E-state index contributed by atoms with van der Waals surface area (Å²) in [5.74, 6) is 0.151.